The van der Waals surface area contributed by atoms with Gasteiger partial charge in [0.15, 0.2) is 11.7 Å². The lowest BCUT2D eigenvalue weighted by atomic mass is 10.2. The number of nitrogens with one attached hydrogen (secondary N) is 2. The summed E-state index contributed by atoms with van der Waals surface area (Å²) in [7, 11) is 0. The zero-order valence-electron chi connectivity index (χ0n) is 13.4. The molecule has 26 heavy (non-hydrogen) atoms. The fraction of sp³-hybridized carbons (Fsp3) is 0.125. The summed E-state index contributed by atoms with van der Waals surface area (Å²) in [5, 5.41) is 16.5. The molecule has 1 amide bonds. The molecule has 0 saturated carbocycles. The van der Waals surface area contributed by atoms with E-state index in [0.717, 1.165) is 5.56 Å². The van der Waals surface area contributed by atoms with Gasteiger partial charge in [0, 0.05) is 16.8 Å². The Balaban J connectivity index is 1.90. The maximum Gasteiger partial charge on any atom is 0.289 e. The summed E-state index contributed by atoms with van der Waals surface area (Å²) in [4.78, 5) is 22.2. The number of amides is 1. The third-order valence-electron chi connectivity index (χ3n) is 3.15. The van der Waals surface area contributed by atoms with Gasteiger partial charge in [-0.3, -0.25) is 20.2 Å². The normalized spacial score (nSPS) is 10.1. The standard InChI is InChI=1S/C16H13Cl2N3O4S/c1-9-6-10(17)2-5-14(9)25-8-15(22)20-16(26)19-11-3-4-12(18)13(7-11)21(23)24/h2-7H,8H2,1H3,(H2,19,20,22,26). The molecule has 2 rings (SSSR count). The third kappa shape index (κ3) is 5.55. The largest absolute Gasteiger partial charge is 0.483 e. The number of nitro benzene ring substituents is 1. The first-order valence-electron chi connectivity index (χ1n) is 7.20. The average molecular weight is 414 g/mol. The lowest BCUT2D eigenvalue weighted by molar-refractivity contribution is -0.384. The van der Waals surface area contributed by atoms with Crippen molar-refractivity contribution in [2.75, 3.05) is 11.9 Å². The molecular weight excluding hydrogens is 401 g/mol. The number of carbonyl (C=O) groups is 1. The molecule has 2 N–H and O–H groups in total. The van der Waals surface area contributed by atoms with Crippen LogP contribution >= 0.6 is 35.4 Å². The number of nitrogens with zero attached hydrogens (tertiary/aromatic N) is 1. The predicted octanol–water partition coefficient (Wildman–Crippen LogP) is 4.10. The van der Waals surface area contributed by atoms with Crippen LogP contribution in [0, 0.1) is 17.0 Å². The Kier molecular flexibility index (Phi) is 6.73. The molecule has 0 fully saturated rings. The van der Waals surface area contributed by atoms with Gasteiger partial charge in [0.1, 0.15) is 10.8 Å². The number of hydrogen-bond acceptors (Lipinski definition) is 5. The van der Waals surface area contributed by atoms with E-state index in [4.69, 9.17) is 40.2 Å². The number of rotatable bonds is 5. The van der Waals surface area contributed by atoms with Crippen molar-refractivity contribution >= 4 is 57.8 Å². The molecule has 0 aliphatic heterocycles. The molecule has 0 spiro atoms. The molecule has 10 heteroatoms. The number of hydrogen-bond donors (Lipinski definition) is 2. The van der Waals surface area contributed by atoms with E-state index >= 15 is 0 Å². The first-order chi connectivity index (χ1) is 12.3. The molecule has 0 atom stereocenters. The Morgan fingerprint density at radius 3 is 2.65 bits per heavy atom. The van der Waals surface area contributed by atoms with E-state index in [1.54, 1.807) is 25.1 Å². The van der Waals surface area contributed by atoms with Crippen molar-refractivity contribution in [2.24, 2.45) is 0 Å². The van der Waals surface area contributed by atoms with Crippen molar-refractivity contribution in [3.8, 4) is 5.75 Å². The highest BCUT2D eigenvalue weighted by Gasteiger charge is 2.14. The monoisotopic (exact) mass is 413 g/mol. The van der Waals surface area contributed by atoms with Crippen LogP contribution in [0.5, 0.6) is 5.75 Å². The molecule has 0 bridgehead atoms. The van der Waals surface area contributed by atoms with Crippen LogP contribution in [0.25, 0.3) is 0 Å². The summed E-state index contributed by atoms with van der Waals surface area (Å²) < 4.78 is 5.41. The van der Waals surface area contributed by atoms with E-state index in [2.05, 4.69) is 10.6 Å². The van der Waals surface area contributed by atoms with Crippen LogP contribution in [0.15, 0.2) is 36.4 Å². The van der Waals surface area contributed by atoms with Crippen molar-refractivity contribution in [1.82, 2.24) is 5.32 Å². The summed E-state index contributed by atoms with van der Waals surface area (Å²) >= 11 is 16.6. The molecule has 0 aromatic heterocycles. The summed E-state index contributed by atoms with van der Waals surface area (Å²) in [5.41, 5.74) is 0.840. The van der Waals surface area contributed by atoms with Gasteiger partial charge in [0.05, 0.1) is 4.92 Å². The van der Waals surface area contributed by atoms with Gasteiger partial charge >= 0.3 is 0 Å². The Hall–Kier alpha value is -2.42. The third-order valence-corrected chi connectivity index (χ3v) is 3.91. The smallest absolute Gasteiger partial charge is 0.289 e. The van der Waals surface area contributed by atoms with Gasteiger partial charge in [-0.25, -0.2) is 0 Å². The summed E-state index contributed by atoms with van der Waals surface area (Å²) in [6, 6.07) is 9.11. The molecule has 7 nitrogen and oxygen atoms in total. The Morgan fingerprint density at radius 2 is 2.00 bits per heavy atom. The minimum Gasteiger partial charge on any atom is -0.483 e. The summed E-state index contributed by atoms with van der Waals surface area (Å²) in [6.45, 7) is 1.55. The average Bonchev–Trinajstić information content (AvgIpc) is 2.55. The highest BCUT2D eigenvalue weighted by atomic mass is 35.5. The number of benzene rings is 2. The second kappa shape index (κ2) is 8.79. The number of aryl methyl sites for hydroxylation is 1. The molecular formula is C16H13Cl2N3O4S. The van der Waals surface area contributed by atoms with E-state index in [1.165, 1.54) is 18.2 Å². The Labute approximate surface area is 164 Å². The topological polar surface area (TPSA) is 93.5 Å². The number of anilines is 1. The van der Waals surface area contributed by atoms with Crippen LogP contribution in [0.4, 0.5) is 11.4 Å². The molecule has 2 aromatic carbocycles. The Bertz CT molecular complexity index is 877. The number of nitro groups is 1. The van der Waals surface area contributed by atoms with Gasteiger partial charge in [-0.2, -0.15) is 0 Å². The molecule has 2 aromatic rings. The fourth-order valence-corrected chi connectivity index (χ4v) is 2.62. The molecule has 0 radical (unpaired) electrons. The van der Waals surface area contributed by atoms with Crippen molar-refractivity contribution in [1.29, 1.82) is 0 Å². The van der Waals surface area contributed by atoms with Gasteiger partial charge in [0.2, 0.25) is 0 Å². The first-order valence-corrected chi connectivity index (χ1v) is 8.36. The van der Waals surface area contributed by atoms with Crippen LogP contribution in [0.2, 0.25) is 10.0 Å². The molecule has 0 saturated heterocycles. The fourth-order valence-electron chi connectivity index (χ4n) is 1.97. The van der Waals surface area contributed by atoms with Crippen molar-refractivity contribution in [3.63, 3.8) is 0 Å². The predicted molar refractivity (Wildman–Crippen MR) is 104 cm³/mol. The van der Waals surface area contributed by atoms with Gasteiger partial charge in [-0.05, 0) is 55.0 Å². The molecule has 136 valence electrons. The molecule has 0 aliphatic carbocycles. The number of carbonyl (C=O) groups excluding carboxylic acids is 1. The SMILES string of the molecule is Cc1cc(Cl)ccc1OCC(=O)NC(=S)Nc1ccc(Cl)c([N+](=O)[O-])c1. The number of ether oxygens (including phenoxy) is 1. The lowest BCUT2D eigenvalue weighted by Crippen LogP contribution is -2.37. The Morgan fingerprint density at radius 1 is 1.27 bits per heavy atom. The summed E-state index contributed by atoms with van der Waals surface area (Å²) in [5.74, 6) is 0.0390. The lowest BCUT2D eigenvalue weighted by Gasteiger charge is -2.11. The maximum atomic E-state index is 11.9. The van der Waals surface area contributed by atoms with Crippen molar-refractivity contribution in [2.45, 2.75) is 6.92 Å². The van der Waals surface area contributed by atoms with Crippen LogP contribution < -0.4 is 15.4 Å². The number of thiocarbonyl (C=S) groups is 1. The van der Waals surface area contributed by atoms with Crippen LogP contribution in [-0.4, -0.2) is 22.5 Å². The zero-order valence-corrected chi connectivity index (χ0v) is 15.7. The molecule has 0 heterocycles. The van der Waals surface area contributed by atoms with E-state index in [-0.39, 0.29) is 22.4 Å². The summed E-state index contributed by atoms with van der Waals surface area (Å²) in [6.07, 6.45) is 0. The van der Waals surface area contributed by atoms with Crippen molar-refractivity contribution in [3.05, 3.63) is 62.1 Å². The zero-order chi connectivity index (χ0) is 19.3. The van der Waals surface area contributed by atoms with Gasteiger partial charge < -0.3 is 10.1 Å². The van der Waals surface area contributed by atoms with Gasteiger partial charge in [0.25, 0.3) is 11.6 Å². The van der Waals surface area contributed by atoms with Gasteiger partial charge in [-0.15, -0.1) is 0 Å². The second-order valence-electron chi connectivity index (χ2n) is 5.12. The van der Waals surface area contributed by atoms with E-state index in [1.807, 2.05) is 0 Å². The van der Waals surface area contributed by atoms with Crippen LogP contribution in [0.3, 0.4) is 0 Å². The second-order valence-corrected chi connectivity index (χ2v) is 6.38. The van der Waals surface area contributed by atoms with Gasteiger partial charge in [-0.1, -0.05) is 23.2 Å². The minimum atomic E-state index is -0.614. The number of halogens is 2. The highest BCUT2D eigenvalue weighted by Crippen LogP contribution is 2.27. The quantitative estimate of drug-likeness (QED) is 0.435. The first kappa shape index (κ1) is 19.9. The minimum absolute atomic E-state index is 0.00207. The van der Waals surface area contributed by atoms with E-state index in [0.29, 0.717) is 16.5 Å². The van der Waals surface area contributed by atoms with Crippen LogP contribution in [-0.2, 0) is 4.79 Å². The van der Waals surface area contributed by atoms with E-state index in [9.17, 15) is 14.9 Å². The molecule has 0 unspecified atom stereocenters. The maximum absolute atomic E-state index is 11.9. The highest BCUT2D eigenvalue weighted by molar-refractivity contribution is 7.80. The van der Waals surface area contributed by atoms with E-state index < -0.39 is 10.8 Å². The van der Waals surface area contributed by atoms with Crippen LogP contribution in [0.1, 0.15) is 5.56 Å². The molecule has 0 aliphatic rings. The van der Waals surface area contributed by atoms with Crippen molar-refractivity contribution < 1.29 is 14.5 Å².